The summed E-state index contributed by atoms with van der Waals surface area (Å²) < 4.78 is 10.9. The van der Waals surface area contributed by atoms with Gasteiger partial charge in [-0.15, -0.1) is 0 Å². The van der Waals surface area contributed by atoms with Crippen LogP contribution in [0.15, 0.2) is 18.2 Å². The summed E-state index contributed by atoms with van der Waals surface area (Å²) in [5.41, 5.74) is 1.14. The number of rotatable bonds is 3. The zero-order chi connectivity index (χ0) is 11.7. The summed E-state index contributed by atoms with van der Waals surface area (Å²) in [5, 5.41) is 12.9. The molecule has 1 aromatic rings. The van der Waals surface area contributed by atoms with Gasteiger partial charge in [-0.1, -0.05) is 0 Å². The SMILES string of the molecule is Oc1ccc2c(c1)OCC2NCC1CCOC1. The van der Waals surface area contributed by atoms with E-state index in [9.17, 15) is 5.11 Å². The monoisotopic (exact) mass is 235 g/mol. The van der Waals surface area contributed by atoms with E-state index in [0.717, 1.165) is 37.5 Å². The first-order valence-electron chi connectivity index (χ1n) is 6.10. The van der Waals surface area contributed by atoms with Crippen molar-refractivity contribution in [2.24, 2.45) is 5.92 Å². The van der Waals surface area contributed by atoms with Crippen LogP contribution in [0.25, 0.3) is 0 Å². The lowest BCUT2D eigenvalue weighted by atomic mass is 10.1. The van der Waals surface area contributed by atoms with E-state index < -0.39 is 0 Å². The molecule has 4 nitrogen and oxygen atoms in total. The van der Waals surface area contributed by atoms with Crippen molar-refractivity contribution in [1.82, 2.24) is 5.32 Å². The number of aromatic hydroxyl groups is 1. The second-order valence-electron chi connectivity index (χ2n) is 4.72. The molecule has 92 valence electrons. The highest BCUT2D eigenvalue weighted by atomic mass is 16.5. The number of nitrogens with one attached hydrogen (secondary N) is 1. The molecule has 2 heterocycles. The third kappa shape index (κ3) is 2.23. The molecule has 2 aliphatic heterocycles. The lowest BCUT2D eigenvalue weighted by molar-refractivity contribution is 0.184. The quantitative estimate of drug-likeness (QED) is 0.832. The topological polar surface area (TPSA) is 50.7 Å². The Balaban J connectivity index is 1.63. The molecule has 2 unspecified atom stereocenters. The number of hydrogen-bond acceptors (Lipinski definition) is 4. The molecule has 0 aromatic heterocycles. The average molecular weight is 235 g/mol. The summed E-state index contributed by atoms with van der Waals surface area (Å²) in [6.07, 6.45) is 1.14. The lowest BCUT2D eigenvalue weighted by Crippen LogP contribution is -2.28. The van der Waals surface area contributed by atoms with Gasteiger partial charge in [0.05, 0.1) is 12.6 Å². The van der Waals surface area contributed by atoms with Crippen LogP contribution >= 0.6 is 0 Å². The molecule has 3 rings (SSSR count). The maximum Gasteiger partial charge on any atom is 0.127 e. The molecule has 0 saturated carbocycles. The van der Waals surface area contributed by atoms with Crippen molar-refractivity contribution < 1.29 is 14.6 Å². The van der Waals surface area contributed by atoms with Gasteiger partial charge in [0.25, 0.3) is 0 Å². The molecular formula is C13H17NO3. The molecule has 2 N–H and O–H groups in total. The fourth-order valence-electron chi connectivity index (χ4n) is 2.42. The van der Waals surface area contributed by atoms with Crippen LogP contribution in [0.5, 0.6) is 11.5 Å². The third-order valence-electron chi connectivity index (χ3n) is 3.45. The highest BCUT2D eigenvalue weighted by Crippen LogP contribution is 2.34. The summed E-state index contributed by atoms with van der Waals surface area (Å²) in [6.45, 7) is 3.36. The van der Waals surface area contributed by atoms with Crippen LogP contribution < -0.4 is 10.1 Å². The van der Waals surface area contributed by atoms with Gasteiger partial charge in [-0.2, -0.15) is 0 Å². The average Bonchev–Trinajstić information content (AvgIpc) is 2.94. The minimum absolute atomic E-state index is 0.242. The van der Waals surface area contributed by atoms with Crippen LogP contribution in [-0.4, -0.2) is 31.5 Å². The largest absolute Gasteiger partial charge is 0.508 e. The van der Waals surface area contributed by atoms with Gasteiger partial charge in [-0.3, -0.25) is 0 Å². The van der Waals surface area contributed by atoms with Crippen molar-refractivity contribution >= 4 is 0 Å². The molecule has 0 amide bonds. The first kappa shape index (κ1) is 10.9. The number of hydrogen-bond donors (Lipinski definition) is 2. The first-order chi connectivity index (χ1) is 8.33. The van der Waals surface area contributed by atoms with E-state index >= 15 is 0 Å². The first-order valence-corrected chi connectivity index (χ1v) is 6.10. The highest BCUT2D eigenvalue weighted by molar-refractivity contribution is 5.44. The number of phenols is 1. The molecule has 1 aromatic carbocycles. The van der Waals surface area contributed by atoms with E-state index in [4.69, 9.17) is 9.47 Å². The Hall–Kier alpha value is -1.26. The van der Waals surface area contributed by atoms with Crippen molar-refractivity contribution in [1.29, 1.82) is 0 Å². The molecule has 1 fully saturated rings. The molecule has 2 aliphatic rings. The Bertz CT molecular complexity index is 402. The van der Waals surface area contributed by atoms with Crippen LogP contribution in [0.4, 0.5) is 0 Å². The standard InChI is InChI=1S/C13H17NO3/c15-10-1-2-11-12(8-17-13(11)5-10)14-6-9-3-4-16-7-9/h1-2,5,9,12,14-15H,3-4,6-8H2. The maximum atomic E-state index is 9.37. The predicted octanol–water partition coefficient (Wildman–Crippen LogP) is 1.45. The van der Waals surface area contributed by atoms with E-state index in [1.807, 2.05) is 6.07 Å². The van der Waals surface area contributed by atoms with Crippen LogP contribution in [0.1, 0.15) is 18.0 Å². The van der Waals surface area contributed by atoms with Gasteiger partial charge in [0.1, 0.15) is 18.1 Å². The molecule has 1 saturated heterocycles. The van der Waals surface area contributed by atoms with E-state index in [-0.39, 0.29) is 11.8 Å². The van der Waals surface area contributed by atoms with Crippen molar-refractivity contribution in [2.75, 3.05) is 26.4 Å². The summed E-state index contributed by atoms with van der Waals surface area (Å²) >= 11 is 0. The summed E-state index contributed by atoms with van der Waals surface area (Å²) in [4.78, 5) is 0. The highest BCUT2D eigenvalue weighted by Gasteiger charge is 2.25. The normalized spacial score (nSPS) is 26.8. The lowest BCUT2D eigenvalue weighted by Gasteiger charge is -2.14. The second-order valence-corrected chi connectivity index (χ2v) is 4.72. The molecule has 0 radical (unpaired) electrons. The molecule has 0 bridgehead atoms. The molecule has 4 heteroatoms. The van der Waals surface area contributed by atoms with E-state index in [1.165, 1.54) is 0 Å². The third-order valence-corrected chi connectivity index (χ3v) is 3.45. The zero-order valence-corrected chi connectivity index (χ0v) is 9.69. The number of ether oxygens (including phenoxy) is 2. The Labute approximate surface area is 101 Å². The van der Waals surface area contributed by atoms with Crippen molar-refractivity contribution in [2.45, 2.75) is 12.5 Å². The van der Waals surface area contributed by atoms with Crippen LogP contribution in [0.2, 0.25) is 0 Å². The van der Waals surface area contributed by atoms with Gasteiger partial charge in [-0.05, 0) is 24.5 Å². The maximum absolute atomic E-state index is 9.37. The minimum atomic E-state index is 0.242. The summed E-state index contributed by atoms with van der Waals surface area (Å²) in [7, 11) is 0. The Morgan fingerprint density at radius 2 is 2.29 bits per heavy atom. The van der Waals surface area contributed by atoms with Gasteiger partial charge >= 0.3 is 0 Å². The van der Waals surface area contributed by atoms with Gasteiger partial charge < -0.3 is 19.9 Å². The van der Waals surface area contributed by atoms with E-state index in [2.05, 4.69) is 5.32 Å². The fourth-order valence-corrected chi connectivity index (χ4v) is 2.42. The minimum Gasteiger partial charge on any atom is -0.508 e. The molecule has 2 atom stereocenters. The Morgan fingerprint density at radius 3 is 3.12 bits per heavy atom. The summed E-state index contributed by atoms with van der Waals surface area (Å²) in [5.74, 6) is 1.68. The van der Waals surface area contributed by atoms with Gasteiger partial charge in [0, 0.05) is 24.8 Å². The molecule has 0 aliphatic carbocycles. The van der Waals surface area contributed by atoms with Crippen LogP contribution in [0.3, 0.4) is 0 Å². The Morgan fingerprint density at radius 1 is 1.35 bits per heavy atom. The van der Waals surface area contributed by atoms with Gasteiger partial charge in [0.15, 0.2) is 0 Å². The molecule has 0 spiro atoms. The number of fused-ring (bicyclic) bond motifs is 1. The van der Waals surface area contributed by atoms with Crippen molar-refractivity contribution in [3.05, 3.63) is 23.8 Å². The van der Waals surface area contributed by atoms with Gasteiger partial charge in [-0.25, -0.2) is 0 Å². The summed E-state index contributed by atoms with van der Waals surface area (Å²) in [6, 6.07) is 5.56. The molecular weight excluding hydrogens is 218 g/mol. The number of phenolic OH excluding ortho intramolecular Hbond substituents is 1. The van der Waals surface area contributed by atoms with E-state index in [0.29, 0.717) is 12.5 Å². The fraction of sp³-hybridized carbons (Fsp3) is 0.538. The predicted molar refractivity (Wildman–Crippen MR) is 63.3 cm³/mol. The van der Waals surface area contributed by atoms with E-state index in [1.54, 1.807) is 12.1 Å². The second kappa shape index (κ2) is 4.55. The molecule has 17 heavy (non-hydrogen) atoms. The zero-order valence-electron chi connectivity index (χ0n) is 9.69. The van der Waals surface area contributed by atoms with Crippen molar-refractivity contribution in [3.8, 4) is 11.5 Å². The van der Waals surface area contributed by atoms with Gasteiger partial charge in [0.2, 0.25) is 0 Å². The Kier molecular flexibility index (Phi) is 2.91. The number of benzene rings is 1. The smallest absolute Gasteiger partial charge is 0.127 e. The van der Waals surface area contributed by atoms with Crippen LogP contribution in [-0.2, 0) is 4.74 Å². The van der Waals surface area contributed by atoms with Crippen LogP contribution in [0, 0.1) is 5.92 Å². The van der Waals surface area contributed by atoms with Crippen molar-refractivity contribution in [3.63, 3.8) is 0 Å².